The second-order valence-electron chi connectivity index (χ2n) is 4.25. The number of esters is 1. The highest BCUT2D eigenvalue weighted by atomic mass is 16.5. The number of hydrogen-bond donors (Lipinski definition) is 1. The quantitative estimate of drug-likeness (QED) is 0.633. The largest absolute Gasteiger partial charge is 0.466 e. The first-order valence-corrected chi connectivity index (χ1v) is 6.01. The monoisotopic (exact) mass is 215 g/mol. The van der Waals surface area contributed by atoms with E-state index in [0.717, 1.165) is 6.42 Å². The van der Waals surface area contributed by atoms with Crippen molar-refractivity contribution in [3.05, 3.63) is 0 Å². The summed E-state index contributed by atoms with van der Waals surface area (Å²) in [5, 5.41) is 0. The molecule has 0 aromatic heterocycles. The van der Waals surface area contributed by atoms with Gasteiger partial charge in [0.25, 0.3) is 0 Å². The highest BCUT2D eigenvalue weighted by Crippen LogP contribution is 2.14. The Labute approximate surface area is 93.4 Å². The Kier molecular flexibility index (Phi) is 8.38. The van der Waals surface area contributed by atoms with Gasteiger partial charge in [0.15, 0.2) is 0 Å². The topological polar surface area (TPSA) is 52.3 Å². The average Bonchev–Trinajstić information content (AvgIpc) is 2.14. The third kappa shape index (κ3) is 8.43. The molecule has 2 atom stereocenters. The molecule has 0 heterocycles. The number of ether oxygens (including phenoxy) is 1. The number of nitrogens with two attached hydrogens (primary N) is 1. The normalized spacial score (nSPS) is 14.7. The molecular weight excluding hydrogens is 190 g/mol. The summed E-state index contributed by atoms with van der Waals surface area (Å²) >= 11 is 0. The van der Waals surface area contributed by atoms with E-state index < -0.39 is 0 Å². The zero-order valence-electron chi connectivity index (χ0n) is 10.3. The number of carbonyl (C=O) groups excluding carboxylic acids is 1. The van der Waals surface area contributed by atoms with Gasteiger partial charge in [0.2, 0.25) is 0 Å². The summed E-state index contributed by atoms with van der Waals surface area (Å²) in [6.07, 6.45) is 4.93. The number of rotatable bonds is 8. The van der Waals surface area contributed by atoms with Crippen LogP contribution in [0.1, 0.15) is 52.9 Å². The predicted octanol–water partition coefficient (Wildman–Crippen LogP) is 2.48. The zero-order chi connectivity index (χ0) is 11.7. The Morgan fingerprint density at radius 1 is 1.40 bits per heavy atom. The fraction of sp³-hybridized carbons (Fsp3) is 0.917. The van der Waals surface area contributed by atoms with Crippen molar-refractivity contribution >= 4 is 5.97 Å². The molecule has 0 rings (SSSR count). The van der Waals surface area contributed by atoms with E-state index in [2.05, 4.69) is 13.8 Å². The van der Waals surface area contributed by atoms with Crippen molar-refractivity contribution in [1.82, 2.24) is 0 Å². The Morgan fingerprint density at radius 2 is 2.07 bits per heavy atom. The van der Waals surface area contributed by atoms with Gasteiger partial charge in [0, 0.05) is 6.04 Å². The van der Waals surface area contributed by atoms with Crippen molar-refractivity contribution in [2.24, 2.45) is 11.7 Å². The second-order valence-corrected chi connectivity index (χ2v) is 4.25. The molecule has 0 unspecified atom stereocenters. The summed E-state index contributed by atoms with van der Waals surface area (Å²) in [7, 11) is 0. The third-order valence-electron chi connectivity index (χ3n) is 2.49. The third-order valence-corrected chi connectivity index (χ3v) is 2.49. The van der Waals surface area contributed by atoms with E-state index in [-0.39, 0.29) is 12.0 Å². The minimum absolute atomic E-state index is 0.0455. The molecule has 3 heteroatoms. The molecule has 3 nitrogen and oxygen atoms in total. The predicted molar refractivity (Wildman–Crippen MR) is 62.5 cm³/mol. The van der Waals surface area contributed by atoms with E-state index in [9.17, 15) is 4.79 Å². The van der Waals surface area contributed by atoms with Crippen LogP contribution < -0.4 is 5.73 Å². The van der Waals surface area contributed by atoms with Crippen LogP contribution in [0.5, 0.6) is 0 Å². The molecule has 0 saturated heterocycles. The molecule has 0 aliphatic carbocycles. The molecular formula is C12H25NO2. The Balaban J connectivity index is 3.62. The summed E-state index contributed by atoms with van der Waals surface area (Å²) in [4.78, 5) is 11.1. The maximum atomic E-state index is 11.1. The van der Waals surface area contributed by atoms with Crippen molar-refractivity contribution in [3.8, 4) is 0 Å². The lowest BCUT2D eigenvalue weighted by atomic mass is 9.95. The van der Waals surface area contributed by atoms with Crippen LogP contribution in [0.4, 0.5) is 0 Å². The van der Waals surface area contributed by atoms with Crippen LogP contribution >= 0.6 is 0 Å². The fourth-order valence-electron chi connectivity index (χ4n) is 1.70. The first-order chi connectivity index (χ1) is 7.10. The number of carbonyl (C=O) groups is 1. The molecule has 0 aliphatic heterocycles. The van der Waals surface area contributed by atoms with E-state index in [4.69, 9.17) is 10.5 Å². The van der Waals surface area contributed by atoms with Gasteiger partial charge in [-0.3, -0.25) is 4.79 Å². The van der Waals surface area contributed by atoms with Crippen molar-refractivity contribution in [3.63, 3.8) is 0 Å². The van der Waals surface area contributed by atoms with Gasteiger partial charge in [-0.05, 0) is 19.3 Å². The summed E-state index contributed by atoms with van der Waals surface area (Å²) in [5.41, 5.74) is 5.88. The van der Waals surface area contributed by atoms with Crippen LogP contribution in [0.25, 0.3) is 0 Å². The molecule has 0 spiro atoms. The van der Waals surface area contributed by atoms with Crippen LogP contribution in [-0.4, -0.2) is 18.6 Å². The second kappa shape index (κ2) is 8.72. The van der Waals surface area contributed by atoms with E-state index in [0.29, 0.717) is 18.9 Å². The Bertz CT molecular complexity index is 171. The summed E-state index contributed by atoms with van der Waals surface area (Å²) in [5.74, 6) is 0.432. The molecule has 0 bridgehead atoms. The average molecular weight is 215 g/mol. The molecule has 2 N–H and O–H groups in total. The fourth-order valence-corrected chi connectivity index (χ4v) is 1.70. The summed E-state index contributed by atoms with van der Waals surface area (Å²) in [6.45, 7) is 6.64. The maximum Gasteiger partial charge on any atom is 0.307 e. The molecule has 0 aliphatic rings. The lowest BCUT2D eigenvalue weighted by Crippen LogP contribution is -2.27. The number of unbranched alkanes of at least 4 members (excludes halogenated alkanes) is 1. The van der Waals surface area contributed by atoms with Crippen LogP contribution in [0.2, 0.25) is 0 Å². The Morgan fingerprint density at radius 3 is 2.60 bits per heavy atom. The minimum Gasteiger partial charge on any atom is -0.466 e. The van der Waals surface area contributed by atoms with Gasteiger partial charge in [0.1, 0.15) is 0 Å². The van der Waals surface area contributed by atoms with Gasteiger partial charge in [-0.2, -0.15) is 0 Å². The maximum absolute atomic E-state index is 11.1. The van der Waals surface area contributed by atoms with E-state index >= 15 is 0 Å². The molecule has 0 amide bonds. The van der Waals surface area contributed by atoms with Crippen LogP contribution in [0, 0.1) is 5.92 Å². The summed E-state index contributed by atoms with van der Waals surface area (Å²) in [6, 6.07) is -0.0455. The molecule has 15 heavy (non-hydrogen) atoms. The lowest BCUT2D eigenvalue weighted by molar-refractivity contribution is -0.143. The van der Waals surface area contributed by atoms with Gasteiger partial charge >= 0.3 is 5.97 Å². The van der Waals surface area contributed by atoms with E-state index in [1.165, 1.54) is 19.3 Å². The van der Waals surface area contributed by atoms with E-state index in [1.54, 1.807) is 0 Å². The van der Waals surface area contributed by atoms with Crippen molar-refractivity contribution < 1.29 is 9.53 Å². The van der Waals surface area contributed by atoms with Gasteiger partial charge < -0.3 is 10.5 Å². The van der Waals surface area contributed by atoms with Crippen molar-refractivity contribution in [2.75, 3.05) is 6.61 Å². The smallest absolute Gasteiger partial charge is 0.307 e. The lowest BCUT2D eigenvalue weighted by Gasteiger charge is -2.16. The molecule has 0 aromatic carbocycles. The molecule has 0 radical (unpaired) electrons. The van der Waals surface area contributed by atoms with Crippen molar-refractivity contribution in [2.45, 2.75) is 58.9 Å². The summed E-state index contributed by atoms with van der Waals surface area (Å²) < 4.78 is 4.86. The minimum atomic E-state index is -0.173. The SMILES string of the molecule is CCCC[C@@H](C)C[C@@H](N)CC(=O)OCC. The highest BCUT2D eigenvalue weighted by molar-refractivity contribution is 5.70. The molecule has 90 valence electrons. The van der Waals surface area contributed by atoms with Gasteiger partial charge in [-0.15, -0.1) is 0 Å². The first kappa shape index (κ1) is 14.4. The van der Waals surface area contributed by atoms with Crippen LogP contribution in [-0.2, 0) is 9.53 Å². The van der Waals surface area contributed by atoms with Crippen LogP contribution in [0.15, 0.2) is 0 Å². The van der Waals surface area contributed by atoms with E-state index in [1.807, 2.05) is 6.92 Å². The van der Waals surface area contributed by atoms with Crippen LogP contribution in [0.3, 0.4) is 0 Å². The zero-order valence-corrected chi connectivity index (χ0v) is 10.3. The standard InChI is InChI=1S/C12H25NO2/c1-4-6-7-10(3)8-11(13)9-12(14)15-5-2/h10-11H,4-9,13H2,1-3H3/t10-,11-/m1/s1. The first-order valence-electron chi connectivity index (χ1n) is 6.01. The molecule has 0 saturated carbocycles. The Hall–Kier alpha value is -0.570. The molecule has 0 aromatic rings. The van der Waals surface area contributed by atoms with Gasteiger partial charge in [-0.1, -0.05) is 33.1 Å². The van der Waals surface area contributed by atoms with Crippen molar-refractivity contribution in [1.29, 1.82) is 0 Å². The number of hydrogen-bond acceptors (Lipinski definition) is 3. The highest BCUT2D eigenvalue weighted by Gasteiger charge is 2.13. The van der Waals surface area contributed by atoms with Gasteiger partial charge in [0.05, 0.1) is 13.0 Å². The van der Waals surface area contributed by atoms with Gasteiger partial charge in [-0.25, -0.2) is 0 Å². The molecule has 0 fully saturated rings.